The second-order valence-corrected chi connectivity index (χ2v) is 5.45. The van der Waals surface area contributed by atoms with Gasteiger partial charge < -0.3 is 20.3 Å². The quantitative estimate of drug-likeness (QED) is 0.844. The summed E-state index contributed by atoms with van der Waals surface area (Å²) in [5, 5.41) is 5.88. The van der Waals surface area contributed by atoms with Gasteiger partial charge in [-0.15, -0.1) is 0 Å². The Hall–Kier alpha value is -1.82. The fraction of sp³-hybridized carbons (Fsp3) is 0.562. The first kappa shape index (κ1) is 16.5. The van der Waals surface area contributed by atoms with Crippen molar-refractivity contribution in [1.29, 1.82) is 0 Å². The van der Waals surface area contributed by atoms with Gasteiger partial charge in [-0.05, 0) is 31.5 Å². The van der Waals surface area contributed by atoms with Gasteiger partial charge in [-0.1, -0.05) is 6.92 Å². The van der Waals surface area contributed by atoms with Crippen molar-refractivity contribution >= 4 is 17.3 Å². The van der Waals surface area contributed by atoms with Crippen molar-refractivity contribution in [2.45, 2.75) is 26.3 Å². The van der Waals surface area contributed by atoms with Gasteiger partial charge in [-0.3, -0.25) is 4.79 Å². The van der Waals surface area contributed by atoms with Crippen LogP contribution in [0.2, 0.25) is 0 Å². The molecule has 1 heterocycles. The van der Waals surface area contributed by atoms with Gasteiger partial charge in [0.1, 0.15) is 11.9 Å². The van der Waals surface area contributed by atoms with Crippen molar-refractivity contribution in [2.24, 2.45) is 0 Å². The minimum Gasteiger partial charge on any atom is -0.378 e. The molecule has 0 bridgehead atoms. The number of carbonyl (C=O) groups excluding carboxylic acids is 1. The van der Waals surface area contributed by atoms with Gasteiger partial charge >= 0.3 is 0 Å². The Kier molecular flexibility index (Phi) is 6.00. The van der Waals surface area contributed by atoms with Crippen molar-refractivity contribution < 1.29 is 13.9 Å². The molecule has 0 radical (unpaired) electrons. The first-order chi connectivity index (χ1) is 10.6. The van der Waals surface area contributed by atoms with E-state index < -0.39 is 6.04 Å². The molecule has 2 N–H and O–H groups in total. The Balaban J connectivity index is 2.04. The van der Waals surface area contributed by atoms with Gasteiger partial charge in [0.05, 0.1) is 13.2 Å². The normalized spacial score (nSPS) is 16.2. The van der Waals surface area contributed by atoms with Crippen molar-refractivity contribution in [3.8, 4) is 0 Å². The van der Waals surface area contributed by atoms with E-state index in [2.05, 4.69) is 15.5 Å². The van der Waals surface area contributed by atoms with Crippen LogP contribution in [-0.4, -0.2) is 44.8 Å². The van der Waals surface area contributed by atoms with Crippen LogP contribution in [0.5, 0.6) is 0 Å². The van der Waals surface area contributed by atoms with Crippen LogP contribution in [-0.2, 0) is 9.53 Å². The molecule has 5 nitrogen and oxygen atoms in total. The summed E-state index contributed by atoms with van der Waals surface area (Å²) < 4.78 is 19.1. The molecule has 122 valence electrons. The number of halogens is 1. The summed E-state index contributed by atoms with van der Waals surface area (Å²) in [5.74, 6) is -0.397. The molecule has 1 aromatic carbocycles. The van der Waals surface area contributed by atoms with E-state index in [0.717, 1.165) is 25.2 Å². The summed E-state index contributed by atoms with van der Waals surface area (Å²) in [4.78, 5) is 14.0. The number of nitrogens with zero attached hydrogens (tertiary/aromatic N) is 1. The monoisotopic (exact) mass is 309 g/mol. The van der Waals surface area contributed by atoms with E-state index in [0.29, 0.717) is 25.4 Å². The van der Waals surface area contributed by atoms with Crippen molar-refractivity contribution in [2.75, 3.05) is 43.1 Å². The van der Waals surface area contributed by atoms with E-state index in [4.69, 9.17) is 4.74 Å². The molecular formula is C16H24FN3O2. The maximum Gasteiger partial charge on any atom is 0.242 e. The van der Waals surface area contributed by atoms with Gasteiger partial charge in [0.15, 0.2) is 0 Å². The van der Waals surface area contributed by atoms with Crippen LogP contribution >= 0.6 is 0 Å². The molecule has 1 aromatic rings. The molecule has 0 spiro atoms. The number of hydrogen-bond donors (Lipinski definition) is 2. The molecule has 0 unspecified atom stereocenters. The third kappa shape index (κ3) is 4.59. The minimum atomic E-state index is -0.411. The molecule has 0 saturated carbocycles. The maximum absolute atomic E-state index is 13.8. The molecule has 1 amide bonds. The second-order valence-electron chi connectivity index (χ2n) is 5.45. The summed E-state index contributed by atoms with van der Waals surface area (Å²) in [6, 6.07) is 4.38. The fourth-order valence-corrected chi connectivity index (χ4v) is 2.38. The summed E-state index contributed by atoms with van der Waals surface area (Å²) >= 11 is 0. The van der Waals surface area contributed by atoms with Crippen LogP contribution in [0.3, 0.4) is 0 Å². The Morgan fingerprint density at radius 2 is 2.09 bits per heavy atom. The number of morpholine rings is 1. The molecule has 1 aliphatic heterocycles. The fourth-order valence-electron chi connectivity index (χ4n) is 2.38. The first-order valence-electron chi connectivity index (χ1n) is 7.77. The Bertz CT molecular complexity index is 504. The van der Waals surface area contributed by atoms with Crippen molar-refractivity contribution in [1.82, 2.24) is 5.32 Å². The van der Waals surface area contributed by atoms with Gasteiger partial charge in [0.25, 0.3) is 0 Å². The molecule has 0 aliphatic carbocycles. The number of rotatable bonds is 6. The summed E-state index contributed by atoms with van der Waals surface area (Å²) in [6.07, 6.45) is 0.888. The smallest absolute Gasteiger partial charge is 0.242 e. The third-order valence-electron chi connectivity index (χ3n) is 3.58. The zero-order valence-corrected chi connectivity index (χ0v) is 13.2. The molecule has 0 aromatic heterocycles. The lowest BCUT2D eigenvalue weighted by Gasteiger charge is -2.29. The van der Waals surface area contributed by atoms with Crippen molar-refractivity contribution in [3.63, 3.8) is 0 Å². The van der Waals surface area contributed by atoms with Gasteiger partial charge in [-0.25, -0.2) is 4.39 Å². The third-order valence-corrected chi connectivity index (χ3v) is 3.58. The van der Waals surface area contributed by atoms with Gasteiger partial charge in [0.2, 0.25) is 5.91 Å². The SMILES string of the molecule is CCCNC(=O)[C@@H](C)Nc1cc(F)cc(N2CCOCC2)c1. The molecule has 22 heavy (non-hydrogen) atoms. The zero-order chi connectivity index (χ0) is 15.9. The molecule has 1 atom stereocenters. The van der Waals surface area contributed by atoms with E-state index in [1.807, 2.05) is 13.0 Å². The number of carbonyl (C=O) groups is 1. The number of amides is 1. The number of benzene rings is 1. The second kappa shape index (κ2) is 7.98. The highest BCUT2D eigenvalue weighted by Crippen LogP contribution is 2.23. The lowest BCUT2D eigenvalue weighted by Crippen LogP contribution is -2.38. The predicted octanol–water partition coefficient (Wildman–Crippen LogP) is 1.99. The lowest BCUT2D eigenvalue weighted by atomic mass is 10.2. The lowest BCUT2D eigenvalue weighted by molar-refractivity contribution is -0.121. The van der Waals surface area contributed by atoms with Gasteiger partial charge in [0, 0.05) is 31.0 Å². The largest absolute Gasteiger partial charge is 0.378 e. The van der Waals surface area contributed by atoms with Crippen LogP contribution in [0.4, 0.5) is 15.8 Å². The standard InChI is InChI=1S/C16H24FN3O2/c1-3-4-18-16(21)12(2)19-14-9-13(17)10-15(11-14)20-5-7-22-8-6-20/h9-12,19H,3-8H2,1-2H3,(H,18,21)/t12-/m1/s1. The summed E-state index contributed by atoms with van der Waals surface area (Å²) in [7, 11) is 0. The minimum absolute atomic E-state index is 0.0842. The number of hydrogen-bond acceptors (Lipinski definition) is 4. The Morgan fingerprint density at radius 3 is 2.77 bits per heavy atom. The van der Waals surface area contributed by atoms with Crippen molar-refractivity contribution in [3.05, 3.63) is 24.0 Å². The first-order valence-corrected chi connectivity index (χ1v) is 7.77. The molecule has 1 aliphatic rings. The maximum atomic E-state index is 13.8. The highest BCUT2D eigenvalue weighted by atomic mass is 19.1. The van der Waals surface area contributed by atoms with Crippen LogP contribution in [0.25, 0.3) is 0 Å². The predicted molar refractivity (Wildman–Crippen MR) is 85.8 cm³/mol. The summed E-state index contributed by atoms with van der Waals surface area (Å²) in [6.45, 7) is 7.20. The average molecular weight is 309 g/mol. The molecule has 2 rings (SSSR count). The Labute approximate surface area is 130 Å². The van der Waals surface area contributed by atoms with Crippen LogP contribution in [0.15, 0.2) is 18.2 Å². The molecule has 6 heteroatoms. The van der Waals surface area contributed by atoms with E-state index in [1.54, 1.807) is 6.92 Å². The van der Waals surface area contributed by atoms with Crippen LogP contribution < -0.4 is 15.5 Å². The van der Waals surface area contributed by atoms with E-state index >= 15 is 0 Å². The number of ether oxygens (including phenoxy) is 1. The average Bonchev–Trinajstić information content (AvgIpc) is 2.52. The zero-order valence-electron chi connectivity index (χ0n) is 13.2. The van der Waals surface area contributed by atoms with Gasteiger partial charge in [-0.2, -0.15) is 0 Å². The number of nitrogens with one attached hydrogen (secondary N) is 2. The van der Waals surface area contributed by atoms with E-state index in [9.17, 15) is 9.18 Å². The number of anilines is 2. The summed E-state index contributed by atoms with van der Waals surface area (Å²) in [5.41, 5.74) is 1.42. The van der Waals surface area contributed by atoms with E-state index in [-0.39, 0.29) is 11.7 Å². The van der Waals surface area contributed by atoms with Crippen LogP contribution in [0, 0.1) is 5.82 Å². The molecule has 1 saturated heterocycles. The van der Waals surface area contributed by atoms with Crippen LogP contribution in [0.1, 0.15) is 20.3 Å². The van der Waals surface area contributed by atoms with E-state index in [1.165, 1.54) is 12.1 Å². The highest BCUT2D eigenvalue weighted by molar-refractivity contribution is 5.84. The topological polar surface area (TPSA) is 53.6 Å². The molecule has 1 fully saturated rings. The molecular weight excluding hydrogens is 285 g/mol. The Morgan fingerprint density at radius 1 is 1.36 bits per heavy atom. The highest BCUT2D eigenvalue weighted by Gasteiger charge is 2.15.